The standard InChI is InChI=1S/C20H21FN4O.HI/c1-22-20(23-11-10-15-6-5-9-17(21)12-15)24-14-18-13-19(26-25-18)16-7-3-2-4-8-16;/h2-9,12-13H,10-11,14H2,1H3,(H2,22,23,24);1H. The highest BCUT2D eigenvalue weighted by molar-refractivity contribution is 14.0. The summed E-state index contributed by atoms with van der Waals surface area (Å²) in [6, 6.07) is 18.3. The van der Waals surface area contributed by atoms with Crippen molar-refractivity contribution in [1.29, 1.82) is 0 Å². The number of hydrogen-bond donors (Lipinski definition) is 2. The Balaban J connectivity index is 0.00000261. The maximum absolute atomic E-state index is 13.2. The molecule has 0 aliphatic heterocycles. The van der Waals surface area contributed by atoms with E-state index < -0.39 is 0 Å². The lowest BCUT2D eigenvalue weighted by Crippen LogP contribution is -2.37. The van der Waals surface area contributed by atoms with Crippen molar-refractivity contribution >= 4 is 29.9 Å². The van der Waals surface area contributed by atoms with Gasteiger partial charge in [0.05, 0.1) is 6.54 Å². The largest absolute Gasteiger partial charge is 0.356 e. The van der Waals surface area contributed by atoms with Gasteiger partial charge in [-0.1, -0.05) is 47.6 Å². The van der Waals surface area contributed by atoms with Crippen LogP contribution in [-0.4, -0.2) is 24.7 Å². The van der Waals surface area contributed by atoms with Crippen LogP contribution < -0.4 is 10.6 Å². The van der Waals surface area contributed by atoms with Gasteiger partial charge in [0.1, 0.15) is 11.5 Å². The molecule has 2 N–H and O–H groups in total. The second kappa shape index (κ2) is 10.7. The number of guanidine groups is 1. The molecule has 0 aliphatic carbocycles. The smallest absolute Gasteiger partial charge is 0.191 e. The van der Waals surface area contributed by atoms with E-state index in [-0.39, 0.29) is 29.8 Å². The van der Waals surface area contributed by atoms with E-state index in [1.165, 1.54) is 6.07 Å². The van der Waals surface area contributed by atoms with Gasteiger partial charge < -0.3 is 15.2 Å². The van der Waals surface area contributed by atoms with E-state index in [0.29, 0.717) is 25.5 Å². The summed E-state index contributed by atoms with van der Waals surface area (Å²) in [4.78, 5) is 4.18. The molecule has 5 nitrogen and oxygen atoms in total. The number of nitrogens with zero attached hydrogens (tertiary/aromatic N) is 2. The summed E-state index contributed by atoms with van der Waals surface area (Å²) >= 11 is 0. The van der Waals surface area contributed by atoms with E-state index in [1.54, 1.807) is 19.2 Å². The zero-order valence-electron chi connectivity index (χ0n) is 15.0. The SMILES string of the molecule is CN=C(NCCc1cccc(F)c1)NCc1cc(-c2ccccc2)on1.I. The Labute approximate surface area is 175 Å². The number of aliphatic imine (C=N–C) groups is 1. The summed E-state index contributed by atoms with van der Waals surface area (Å²) in [5, 5.41) is 10.5. The van der Waals surface area contributed by atoms with Crippen LogP contribution in [0.3, 0.4) is 0 Å². The molecule has 0 unspecified atom stereocenters. The van der Waals surface area contributed by atoms with Gasteiger partial charge in [0.2, 0.25) is 0 Å². The Hall–Kier alpha value is -2.42. The monoisotopic (exact) mass is 480 g/mol. The minimum atomic E-state index is -0.217. The molecule has 0 bridgehead atoms. The third-order valence-corrected chi connectivity index (χ3v) is 3.87. The van der Waals surface area contributed by atoms with Gasteiger partial charge in [-0.2, -0.15) is 0 Å². The molecule has 0 fully saturated rings. The molecule has 0 saturated carbocycles. The third-order valence-electron chi connectivity index (χ3n) is 3.87. The van der Waals surface area contributed by atoms with Gasteiger partial charge in [0.15, 0.2) is 11.7 Å². The zero-order chi connectivity index (χ0) is 18.2. The quantitative estimate of drug-likeness (QED) is 0.318. The molecule has 0 saturated heterocycles. The first-order valence-electron chi connectivity index (χ1n) is 8.44. The molecule has 0 radical (unpaired) electrons. The first kappa shape index (κ1) is 20.9. The molecule has 3 rings (SSSR count). The van der Waals surface area contributed by atoms with Gasteiger partial charge >= 0.3 is 0 Å². The van der Waals surface area contributed by atoms with Gasteiger partial charge in [-0.15, -0.1) is 24.0 Å². The first-order valence-corrected chi connectivity index (χ1v) is 8.44. The average molecular weight is 480 g/mol. The molecular weight excluding hydrogens is 458 g/mol. The molecule has 0 amide bonds. The highest BCUT2D eigenvalue weighted by atomic mass is 127. The van der Waals surface area contributed by atoms with E-state index in [4.69, 9.17) is 4.52 Å². The Morgan fingerprint density at radius 1 is 1.07 bits per heavy atom. The van der Waals surface area contributed by atoms with Gasteiger partial charge in [-0.25, -0.2) is 4.39 Å². The van der Waals surface area contributed by atoms with Crippen LogP contribution in [0.15, 0.2) is 70.2 Å². The summed E-state index contributed by atoms with van der Waals surface area (Å²) in [5.41, 5.74) is 2.72. The molecule has 0 aliphatic rings. The summed E-state index contributed by atoms with van der Waals surface area (Å²) < 4.78 is 18.6. The number of hydrogen-bond acceptors (Lipinski definition) is 3. The van der Waals surface area contributed by atoms with Gasteiger partial charge in [-0.3, -0.25) is 4.99 Å². The lowest BCUT2D eigenvalue weighted by molar-refractivity contribution is 0.422. The highest BCUT2D eigenvalue weighted by Gasteiger charge is 2.07. The zero-order valence-corrected chi connectivity index (χ0v) is 17.3. The minimum Gasteiger partial charge on any atom is -0.356 e. The van der Waals surface area contributed by atoms with E-state index in [2.05, 4.69) is 20.8 Å². The van der Waals surface area contributed by atoms with Crippen molar-refractivity contribution in [2.24, 2.45) is 4.99 Å². The topological polar surface area (TPSA) is 62.5 Å². The van der Waals surface area contributed by atoms with E-state index in [9.17, 15) is 4.39 Å². The number of aromatic nitrogens is 1. The molecule has 0 atom stereocenters. The lowest BCUT2D eigenvalue weighted by atomic mass is 10.1. The van der Waals surface area contributed by atoms with Crippen molar-refractivity contribution in [3.63, 3.8) is 0 Å². The van der Waals surface area contributed by atoms with Crippen LogP contribution in [0, 0.1) is 5.82 Å². The molecule has 27 heavy (non-hydrogen) atoms. The fourth-order valence-electron chi connectivity index (χ4n) is 2.55. The third kappa shape index (κ3) is 6.35. The fourth-order valence-corrected chi connectivity index (χ4v) is 2.55. The van der Waals surface area contributed by atoms with Crippen LogP contribution in [0.5, 0.6) is 0 Å². The van der Waals surface area contributed by atoms with Crippen LogP contribution in [0.25, 0.3) is 11.3 Å². The van der Waals surface area contributed by atoms with Crippen molar-refractivity contribution in [1.82, 2.24) is 15.8 Å². The van der Waals surface area contributed by atoms with Crippen LogP contribution >= 0.6 is 24.0 Å². The Morgan fingerprint density at radius 2 is 1.89 bits per heavy atom. The van der Waals surface area contributed by atoms with Crippen LogP contribution in [0.1, 0.15) is 11.3 Å². The molecule has 3 aromatic rings. The van der Waals surface area contributed by atoms with Crippen molar-refractivity contribution in [2.45, 2.75) is 13.0 Å². The van der Waals surface area contributed by atoms with Crippen molar-refractivity contribution < 1.29 is 8.91 Å². The van der Waals surface area contributed by atoms with E-state index in [0.717, 1.165) is 22.6 Å². The van der Waals surface area contributed by atoms with E-state index >= 15 is 0 Å². The van der Waals surface area contributed by atoms with Crippen molar-refractivity contribution in [3.05, 3.63) is 77.7 Å². The summed E-state index contributed by atoms with van der Waals surface area (Å²) in [7, 11) is 1.70. The summed E-state index contributed by atoms with van der Waals surface area (Å²) in [5.74, 6) is 1.17. The molecule has 142 valence electrons. The maximum atomic E-state index is 13.2. The highest BCUT2D eigenvalue weighted by Crippen LogP contribution is 2.19. The predicted molar refractivity (Wildman–Crippen MR) is 116 cm³/mol. The van der Waals surface area contributed by atoms with Crippen LogP contribution in [0.4, 0.5) is 4.39 Å². The first-order chi connectivity index (χ1) is 12.7. The number of benzene rings is 2. The number of nitrogens with one attached hydrogen (secondary N) is 2. The van der Waals surface area contributed by atoms with Gasteiger partial charge in [-0.05, 0) is 24.1 Å². The maximum Gasteiger partial charge on any atom is 0.191 e. The van der Waals surface area contributed by atoms with E-state index in [1.807, 2.05) is 42.5 Å². The second-order valence-electron chi connectivity index (χ2n) is 5.78. The van der Waals surface area contributed by atoms with Crippen LogP contribution in [0.2, 0.25) is 0 Å². The molecule has 1 aromatic heterocycles. The molecular formula is C20H22FIN4O. The molecule has 7 heteroatoms. The van der Waals surface area contributed by atoms with Gasteiger partial charge in [0, 0.05) is 25.2 Å². The average Bonchev–Trinajstić information content (AvgIpc) is 3.14. The number of halogens is 2. The van der Waals surface area contributed by atoms with Crippen molar-refractivity contribution in [2.75, 3.05) is 13.6 Å². The Morgan fingerprint density at radius 3 is 2.63 bits per heavy atom. The Bertz CT molecular complexity index is 867. The van der Waals surface area contributed by atoms with Crippen molar-refractivity contribution in [3.8, 4) is 11.3 Å². The molecule has 2 aromatic carbocycles. The fraction of sp³-hybridized carbons (Fsp3) is 0.200. The predicted octanol–water partition coefficient (Wildman–Crippen LogP) is 4.01. The molecule has 0 spiro atoms. The Kier molecular flexibility index (Phi) is 8.25. The summed E-state index contributed by atoms with van der Waals surface area (Å²) in [6.45, 7) is 1.15. The second-order valence-corrected chi connectivity index (χ2v) is 5.78. The minimum absolute atomic E-state index is 0. The normalized spacial score (nSPS) is 11.0. The van der Waals surface area contributed by atoms with Crippen LogP contribution in [-0.2, 0) is 13.0 Å². The summed E-state index contributed by atoms with van der Waals surface area (Å²) in [6.07, 6.45) is 0.709. The lowest BCUT2D eigenvalue weighted by Gasteiger charge is -2.10. The number of rotatable bonds is 6. The van der Waals surface area contributed by atoms with Gasteiger partial charge in [0.25, 0.3) is 0 Å². The molecule has 1 heterocycles.